The molecule has 7 heteroatoms. The Morgan fingerprint density at radius 2 is 1.91 bits per heavy atom. The van der Waals surface area contributed by atoms with Crippen molar-refractivity contribution in [2.45, 2.75) is 26.2 Å². The van der Waals surface area contributed by atoms with Crippen LogP contribution in [0.2, 0.25) is 0 Å². The SMILES string of the molecule is Cc1cc(C(=O)NCCCN2CCCC2)c(C=C2C(=O)Nc3cccc(-c4ccc(F)cc4)c32)[nH]1. The number of halogens is 1. The second-order valence-electron chi connectivity index (χ2n) is 9.19. The molecule has 1 aromatic heterocycles. The average molecular weight is 473 g/mol. The first-order valence-electron chi connectivity index (χ1n) is 12.1. The fourth-order valence-corrected chi connectivity index (χ4v) is 4.92. The Morgan fingerprint density at radius 1 is 1.14 bits per heavy atom. The van der Waals surface area contributed by atoms with Crippen LogP contribution in [-0.4, -0.2) is 47.9 Å². The standard InChI is InChI=1S/C28H29FN4O2/c1-18-16-22(27(34)30-12-5-15-33-13-2-3-14-33)25(31-18)17-23-26-21(19-8-10-20(29)11-9-19)6-4-7-24(26)32-28(23)35/h4,6-11,16-17,31H,2-3,5,12-15H2,1H3,(H,30,34)(H,32,35). The van der Waals surface area contributed by atoms with Crippen LogP contribution in [0.1, 0.15) is 46.6 Å². The van der Waals surface area contributed by atoms with Crippen LogP contribution >= 0.6 is 0 Å². The topological polar surface area (TPSA) is 77.2 Å². The first-order valence-corrected chi connectivity index (χ1v) is 12.1. The molecule has 6 nitrogen and oxygen atoms in total. The lowest BCUT2D eigenvalue weighted by Crippen LogP contribution is -2.28. The molecular weight excluding hydrogens is 443 g/mol. The third-order valence-corrected chi connectivity index (χ3v) is 6.63. The Hall–Kier alpha value is -3.71. The number of aryl methyl sites for hydroxylation is 1. The van der Waals surface area contributed by atoms with Crippen molar-refractivity contribution in [3.05, 3.63) is 76.9 Å². The zero-order chi connectivity index (χ0) is 24.4. The van der Waals surface area contributed by atoms with Crippen LogP contribution in [0.25, 0.3) is 22.8 Å². The van der Waals surface area contributed by atoms with Gasteiger partial charge >= 0.3 is 0 Å². The van der Waals surface area contributed by atoms with Crippen LogP contribution in [0, 0.1) is 12.7 Å². The Bertz CT molecular complexity index is 1290. The number of likely N-dealkylation sites (tertiary alicyclic amines) is 1. The van der Waals surface area contributed by atoms with E-state index in [1.54, 1.807) is 18.2 Å². The average Bonchev–Trinajstić information content (AvgIpc) is 3.57. The van der Waals surface area contributed by atoms with Crippen molar-refractivity contribution in [2.24, 2.45) is 0 Å². The molecule has 3 heterocycles. The minimum absolute atomic E-state index is 0.159. The number of fused-ring (bicyclic) bond motifs is 1. The number of nitrogens with zero attached hydrogens (tertiary/aromatic N) is 1. The summed E-state index contributed by atoms with van der Waals surface area (Å²) in [5, 5.41) is 5.94. The summed E-state index contributed by atoms with van der Waals surface area (Å²) in [6.07, 6.45) is 5.15. The van der Waals surface area contributed by atoms with E-state index < -0.39 is 0 Å². The van der Waals surface area contributed by atoms with Crippen molar-refractivity contribution in [1.29, 1.82) is 0 Å². The molecule has 2 aromatic carbocycles. The van der Waals surface area contributed by atoms with Crippen LogP contribution in [-0.2, 0) is 4.79 Å². The van der Waals surface area contributed by atoms with E-state index in [4.69, 9.17) is 0 Å². The minimum Gasteiger partial charge on any atom is -0.358 e. The van der Waals surface area contributed by atoms with Gasteiger partial charge in [0.25, 0.3) is 11.8 Å². The molecule has 3 N–H and O–H groups in total. The molecule has 180 valence electrons. The Morgan fingerprint density at radius 3 is 2.69 bits per heavy atom. The monoisotopic (exact) mass is 472 g/mol. The highest BCUT2D eigenvalue weighted by Crippen LogP contribution is 2.40. The lowest BCUT2D eigenvalue weighted by Gasteiger charge is -2.14. The zero-order valence-electron chi connectivity index (χ0n) is 19.8. The van der Waals surface area contributed by atoms with Gasteiger partial charge < -0.3 is 20.5 Å². The van der Waals surface area contributed by atoms with E-state index in [9.17, 15) is 14.0 Å². The van der Waals surface area contributed by atoms with Crippen LogP contribution in [0.15, 0.2) is 48.5 Å². The van der Waals surface area contributed by atoms with Crippen molar-refractivity contribution in [1.82, 2.24) is 15.2 Å². The maximum Gasteiger partial charge on any atom is 0.256 e. The maximum atomic E-state index is 13.5. The van der Waals surface area contributed by atoms with Crippen LogP contribution in [0.5, 0.6) is 0 Å². The number of anilines is 1. The molecule has 1 saturated heterocycles. The molecule has 0 bridgehead atoms. The van der Waals surface area contributed by atoms with Gasteiger partial charge in [0.15, 0.2) is 0 Å². The first kappa shape index (κ1) is 23.1. The summed E-state index contributed by atoms with van der Waals surface area (Å²) < 4.78 is 13.5. The Kier molecular flexibility index (Phi) is 6.51. The number of H-pyrrole nitrogens is 1. The van der Waals surface area contributed by atoms with E-state index in [-0.39, 0.29) is 17.6 Å². The maximum absolute atomic E-state index is 13.5. The highest BCUT2D eigenvalue weighted by atomic mass is 19.1. The van der Waals surface area contributed by atoms with Gasteiger partial charge in [-0.15, -0.1) is 0 Å². The van der Waals surface area contributed by atoms with Crippen LogP contribution < -0.4 is 10.6 Å². The van der Waals surface area contributed by atoms with E-state index >= 15 is 0 Å². The minimum atomic E-state index is -0.316. The van der Waals surface area contributed by atoms with Gasteiger partial charge in [-0.2, -0.15) is 0 Å². The quantitative estimate of drug-likeness (QED) is 0.340. The molecule has 0 atom stereocenters. The third-order valence-electron chi connectivity index (χ3n) is 6.63. The summed E-state index contributed by atoms with van der Waals surface area (Å²) in [7, 11) is 0. The largest absolute Gasteiger partial charge is 0.358 e. The molecule has 0 unspecified atom stereocenters. The predicted molar refractivity (Wildman–Crippen MR) is 136 cm³/mol. The van der Waals surface area contributed by atoms with Crippen molar-refractivity contribution < 1.29 is 14.0 Å². The van der Waals surface area contributed by atoms with Gasteiger partial charge in [-0.3, -0.25) is 9.59 Å². The van der Waals surface area contributed by atoms with Gasteiger partial charge in [-0.1, -0.05) is 24.3 Å². The number of nitrogens with one attached hydrogen (secondary N) is 3. The zero-order valence-corrected chi connectivity index (χ0v) is 19.8. The van der Waals surface area contributed by atoms with Crippen molar-refractivity contribution in [3.8, 4) is 11.1 Å². The lowest BCUT2D eigenvalue weighted by atomic mass is 9.94. The van der Waals surface area contributed by atoms with Gasteiger partial charge in [-0.25, -0.2) is 4.39 Å². The highest BCUT2D eigenvalue weighted by molar-refractivity contribution is 6.36. The van der Waals surface area contributed by atoms with Crippen molar-refractivity contribution in [3.63, 3.8) is 0 Å². The summed E-state index contributed by atoms with van der Waals surface area (Å²) in [5.41, 5.74) is 5.47. The molecule has 2 amide bonds. The summed E-state index contributed by atoms with van der Waals surface area (Å²) in [6, 6.07) is 13.6. The first-order chi connectivity index (χ1) is 17.0. The molecule has 0 aliphatic carbocycles. The molecule has 2 aliphatic rings. The number of rotatable bonds is 7. The number of carbonyl (C=O) groups excluding carboxylic acids is 2. The lowest BCUT2D eigenvalue weighted by molar-refractivity contribution is -0.110. The summed E-state index contributed by atoms with van der Waals surface area (Å²) in [4.78, 5) is 31.6. The number of aromatic amines is 1. The molecule has 2 aliphatic heterocycles. The molecule has 1 fully saturated rings. The fourth-order valence-electron chi connectivity index (χ4n) is 4.92. The molecule has 0 saturated carbocycles. The van der Waals surface area contributed by atoms with Gasteiger partial charge in [0, 0.05) is 23.5 Å². The smallest absolute Gasteiger partial charge is 0.256 e. The summed E-state index contributed by atoms with van der Waals surface area (Å²) in [6.45, 7) is 5.77. The number of hydrogen-bond acceptors (Lipinski definition) is 3. The van der Waals surface area contributed by atoms with E-state index in [1.165, 1.54) is 25.0 Å². The molecule has 0 radical (unpaired) electrons. The van der Waals surface area contributed by atoms with E-state index in [2.05, 4.69) is 20.5 Å². The van der Waals surface area contributed by atoms with Crippen LogP contribution in [0.3, 0.4) is 0 Å². The van der Waals surface area contributed by atoms with Gasteiger partial charge in [0.05, 0.1) is 16.8 Å². The molecule has 35 heavy (non-hydrogen) atoms. The number of aromatic nitrogens is 1. The van der Waals surface area contributed by atoms with Crippen molar-refractivity contribution in [2.75, 3.05) is 31.5 Å². The predicted octanol–water partition coefficient (Wildman–Crippen LogP) is 4.84. The summed E-state index contributed by atoms with van der Waals surface area (Å²) in [5.74, 6) is -0.712. The van der Waals surface area contributed by atoms with Gasteiger partial charge in [-0.05, 0) is 87.3 Å². The Balaban J connectivity index is 1.40. The molecule has 0 spiro atoms. The van der Waals surface area contributed by atoms with E-state index in [0.717, 1.165) is 48.4 Å². The summed E-state index contributed by atoms with van der Waals surface area (Å²) >= 11 is 0. The fraction of sp³-hybridized carbons (Fsp3) is 0.286. The molecular formula is C28H29FN4O2. The highest BCUT2D eigenvalue weighted by Gasteiger charge is 2.28. The third kappa shape index (κ3) is 4.91. The number of hydrogen-bond donors (Lipinski definition) is 3. The van der Waals surface area contributed by atoms with Crippen molar-refractivity contribution >= 4 is 29.2 Å². The number of benzene rings is 2. The van der Waals surface area contributed by atoms with Crippen LogP contribution in [0.4, 0.5) is 10.1 Å². The number of carbonyl (C=O) groups is 2. The van der Waals surface area contributed by atoms with E-state index in [0.29, 0.717) is 29.1 Å². The second kappa shape index (κ2) is 9.88. The second-order valence-corrected chi connectivity index (χ2v) is 9.19. The van der Waals surface area contributed by atoms with Gasteiger partial charge in [0.1, 0.15) is 5.82 Å². The number of amides is 2. The normalized spacial score (nSPS) is 16.5. The Labute approximate surface area is 204 Å². The molecule has 3 aromatic rings. The molecule has 5 rings (SSSR count). The van der Waals surface area contributed by atoms with Gasteiger partial charge in [0.2, 0.25) is 0 Å². The van der Waals surface area contributed by atoms with E-state index in [1.807, 2.05) is 31.2 Å².